The highest BCUT2D eigenvalue weighted by Crippen LogP contribution is 2.41. The molecule has 2 aromatic rings. The zero-order valence-corrected chi connectivity index (χ0v) is 17.9. The number of ether oxygens (including phenoxy) is 4. The van der Waals surface area contributed by atoms with Crippen LogP contribution < -0.4 is 29.8 Å². The summed E-state index contributed by atoms with van der Waals surface area (Å²) in [5.74, 6) is 2.94. The molecule has 1 heterocycles. The van der Waals surface area contributed by atoms with Crippen molar-refractivity contribution in [3.63, 3.8) is 0 Å². The molecule has 0 saturated heterocycles. The van der Waals surface area contributed by atoms with Crippen LogP contribution in [0.15, 0.2) is 53.2 Å². The van der Waals surface area contributed by atoms with E-state index in [4.69, 9.17) is 18.9 Å². The molecule has 0 aromatic heterocycles. The number of hydrogen-bond donors (Lipinski definition) is 2. The van der Waals surface area contributed by atoms with E-state index >= 15 is 0 Å². The highest BCUT2D eigenvalue weighted by Gasteiger charge is 2.31. The summed E-state index contributed by atoms with van der Waals surface area (Å²) in [6.45, 7) is 0. The SMILES string of the molecule is COc1ccc(/C=C2/CCCC3=C2NN[C@H]3c2ccc(OC)c(OC)c2)cc1OC. The van der Waals surface area contributed by atoms with Crippen LogP contribution in [0.3, 0.4) is 0 Å². The van der Waals surface area contributed by atoms with E-state index in [0.717, 1.165) is 53.4 Å². The first-order chi connectivity index (χ1) is 14.7. The van der Waals surface area contributed by atoms with Crippen molar-refractivity contribution >= 4 is 6.08 Å². The van der Waals surface area contributed by atoms with Crippen molar-refractivity contribution in [3.8, 4) is 23.0 Å². The fourth-order valence-electron chi connectivity index (χ4n) is 4.21. The van der Waals surface area contributed by atoms with Crippen LogP contribution in [-0.4, -0.2) is 28.4 Å². The van der Waals surface area contributed by atoms with Gasteiger partial charge in [-0.2, -0.15) is 0 Å². The molecule has 30 heavy (non-hydrogen) atoms. The molecule has 6 heteroatoms. The minimum Gasteiger partial charge on any atom is -0.493 e. The van der Waals surface area contributed by atoms with Crippen LogP contribution in [0.1, 0.15) is 36.4 Å². The zero-order chi connectivity index (χ0) is 21.1. The number of hydrogen-bond acceptors (Lipinski definition) is 6. The van der Waals surface area contributed by atoms with Gasteiger partial charge in [0, 0.05) is 0 Å². The first-order valence-corrected chi connectivity index (χ1v) is 10.1. The van der Waals surface area contributed by atoms with Gasteiger partial charge < -0.3 is 24.4 Å². The molecule has 2 aromatic carbocycles. The average Bonchev–Trinajstić information content (AvgIpc) is 3.23. The summed E-state index contributed by atoms with van der Waals surface area (Å²) < 4.78 is 21.7. The van der Waals surface area contributed by atoms with Crippen LogP contribution in [0.4, 0.5) is 0 Å². The van der Waals surface area contributed by atoms with E-state index < -0.39 is 0 Å². The standard InChI is InChI=1S/C24H28N2O4/c1-27-19-10-8-15(13-21(19)29-3)12-16-6-5-7-18-23(16)25-26-24(18)17-9-11-20(28-2)22(14-17)30-4/h8-14,24-26H,5-7H2,1-4H3/b16-12-/t24-/m0/s1. The maximum Gasteiger partial charge on any atom is 0.161 e. The Morgan fingerprint density at radius 1 is 0.800 bits per heavy atom. The van der Waals surface area contributed by atoms with Gasteiger partial charge in [0.15, 0.2) is 23.0 Å². The normalized spacial score (nSPS) is 19.3. The molecule has 2 N–H and O–H groups in total. The lowest BCUT2D eigenvalue weighted by molar-refractivity contribution is 0.354. The van der Waals surface area contributed by atoms with Crippen LogP contribution >= 0.6 is 0 Å². The van der Waals surface area contributed by atoms with Gasteiger partial charge in [-0.25, -0.2) is 5.43 Å². The van der Waals surface area contributed by atoms with Crippen molar-refractivity contribution in [2.75, 3.05) is 28.4 Å². The largest absolute Gasteiger partial charge is 0.493 e. The number of allylic oxidation sites excluding steroid dienone is 1. The second-order valence-corrected chi connectivity index (χ2v) is 7.35. The highest BCUT2D eigenvalue weighted by molar-refractivity contribution is 5.64. The van der Waals surface area contributed by atoms with Gasteiger partial charge >= 0.3 is 0 Å². The number of rotatable bonds is 6. The number of methoxy groups -OCH3 is 4. The number of benzene rings is 2. The topological polar surface area (TPSA) is 61.0 Å². The minimum absolute atomic E-state index is 0.105. The quantitative estimate of drug-likeness (QED) is 0.739. The third-order valence-corrected chi connectivity index (χ3v) is 5.71. The van der Waals surface area contributed by atoms with E-state index in [1.165, 1.54) is 16.8 Å². The van der Waals surface area contributed by atoms with E-state index in [-0.39, 0.29) is 6.04 Å². The van der Waals surface area contributed by atoms with Gasteiger partial charge in [-0.3, -0.25) is 0 Å². The van der Waals surface area contributed by atoms with Gasteiger partial charge in [0.1, 0.15) is 0 Å². The summed E-state index contributed by atoms with van der Waals surface area (Å²) in [5.41, 5.74) is 13.0. The lowest BCUT2D eigenvalue weighted by Crippen LogP contribution is -2.27. The van der Waals surface area contributed by atoms with Gasteiger partial charge in [-0.15, -0.1) is 0 Å². The summed E-state index contributed by atoms with van der Waals surface area (Å²) in [4.78, 5) is 0. The van der Waals surface area contributed by atoms with Crippen molar-refractivity contribution in [1.82, 2.24) is 10.9 Å². The van der Waals surface area contributed by atoms with E-state index in [2.05, 4.69) is 29.1 Å². The smallest absolute Gasteiger partial charge is 0.161 e. The van der Waals surface area contributed by atoms with E-state index in [0.29, 0.717) is 0 Å². The van der Waals surface area contributed by atoms with Crippen LogP contribution in [0.2, 0.25) is 0 Å². The van der Waals surface area contributed by atoms with Crippen molar-refractivity contribution in [2.45, 2.75) is 25.3 Å². The Hall–Kier alpha value is -3.12. The van der Waals surface area contributed by atoms with Crippen molar-refractivity contribution in [3.05, 3.63) is 64.4 Å². The summed E-state index contributed by atoms with van der Waals surface area (Å²) in [5, 5.41) is 0. The lowest BCUT2D eigenvalue weighted by atomic mass is 9.86. The third kappa shape index (κ3) is 3.71. The molecule has 1 aliphatic heterocycles. The molecular weight excluding hydrogens is 380 g/mol. The Bertz CT molecular complexity index is 997. The fourth-order valence-corrected chi connectivity index (χ4v) is 4.21. The zero-order valence-electron chi connectivity index (χ0n) is 17.9. The molecular formula is C24H28N2O4. The Labute approximate surface area is 177 Å². The molecule has 158 valence electrons. The predicted octanol–water partition coefficient (Wildman–Crippen LogP) is 4.39. The molecule has 0 radical (unpaired) electrons. The molecule has 0 bridgehead atoms. The molecule has 0 saturated carbocycles. The summed E-state index contributed by atoms with van der Waals surface area (Å²) >= 11 is 0. The Kier molecular flexibility index (Phi) is 5.86. The van der Waals surface area contributed by atoms with Crippen molar-refractivity contribution < 1.29 is 18.9 Å². The molecule has 4 rings (SSSR count). The molecule has 0 unspecified atom stereocenters. The van der Waals surface area contributed by atoms with Gasteiger partial charge in [-0.05, 0) is 71.9 Å². The third-order valence-electron chi connectivity index (χ3n) is 5.71. The lowest BCUT2D eigenvalue weighted by Gasteiger charge is -2.20. The van der Waals surface area contributed by atoms with Gasteiger partial charge in [0.2, 0.25) is 0 Å². The second-order valence-electron chi connectivity index (χ2n) is 7.35. The van der Waals surface area contributed by atoms with Crippen LogP contribution in [0.25, 0.3) is 6.08 Å². The number of nitrogens with one attached hydrogen (secondary N) is 2. The first-order valence-electron chi connectivity index (χ1n) is 10.1. The average molecular weight is 408 g/mol. The van der Waals surface area contributed by atoms with Gasteiger partial charge in [0.05, 0.1) is 40.2 Å². The second kappa shape index (κ2) is 8.71. The molecule has 1 atom stereocenters. The molecule has 0 fully saturated rings. The summed E-state index contributed by atoms with van der Waals surface area (Å²) in [7, 11) is 6.62. The highest BCUT2D eigenvalue weighted by atomic mass is 16.5. The summed E-state index contributed by atoms with van der Waals surface area (Å²) in [6.07, 6.45) is 5.42. The Morgan fingerprint density at radius 2 is 1.47 bits per heavy atom. The first kappa shape index (κ1) is 20.2. The van der Waals surface area contributed by atoms with E-state index in [1.807, 2.05) is 24.3 Å². The number of hydrazine groups is 1. The molecule has 2 aliphatic rings. The molecule has 6 nitrogen and oxygen atoms in total. The van der Waals surface area contributed by atoms with E-state index in [1.54, 1.807) is 28.4 Å². The van der Waals surface area contributed by atoms with Crippen molar-refractivity contribution in [2.24, 2.45) is 0 Å². The monoisotopic (exact) mass is 408 g/mol. The van der Waals surface area contributed by atoms with Gasteiger partial charge in [0.25, 0.3) is 0 Å². The predicted molar refractivity (Wildman–Crippen MR) is 117 cm³/mol. The van der Waals surface area contributed by atoms with Crippen LogP contribution in [0, 0.1) is 0 Å². The fraction of sp³-hybridized carbons (Fsp3) is 0.333. The van der Waals surface area contributed by atoms with Crippen LogP contribution in [0.5, 0.6) is 23.0 Å². The van der Waals surface area contributed by atoms with Gasteiger partial charge in [-0.1, -0.05) is 12.1 Å². The van der Waals surface area contributed by atoms with Crippen molar-refractivity contribution in [1.29, 1.82) is 0 Å². The molecule has 0 amide bonds. The molecule has 0 spiro atoms. The van der Waals surface area contributed by atoms with Crippen LogP contribution in [-0.2, 0) is 0 Å². The Balaban J connectivity index is 1.66. The molecule has 1 aliphatic carbocycles. The van der Waals surface area contributed by atoms with E-state index in [9.17, 15) is 0 Å². The maximum absolute atomic E-state index is 5.49. The Morgan fingerprint density at radius 3 is 2.17 bits per heavy atom. The summed E-state index contributed by atoms with van der Waals surface area (Å²) in [6, 6.07) is 12.2. The maximum atomic E-state index is 5.49. The minimum atomic E-state index is 0.105.